The predicted molar refractivity (Wildman–Crippen MR) is 85.2 cm³/mol. The number of aryl methyl sites for hydroxylation is 1. The van der Waals surface area contributed by atoms with E-state index in [9.17, 15) is 9.90 Å². The number of aromatic nitrogens is 2. The highest BCUT2D eigenvalue weighted by atomic mass is 79.9. The molecule has 1 fully saturated rings. The van der Waals surface area contributed by atoms with Gasteiger partial charge in [0.1, 0.15) is 0 Å². The van der Waals surface area contributed by atoms with Crippen molar-refractivity contribution >= 4 is 21.8 Å². The van der Waals surface area contributed by atoms with Crippen molar-refractivity contribution in [2.75, 3.05) is 6.61 Å². The van der Waals surface area contributed by atoms with Gasteiger partial charge in [0.25, 0.3) is 5.91 Å². The first-order chi connectivity index (χ1) is 10.2. The molecule has 1 atom stereocenters. The summed E-state index contributed by atoms with van der Waals surface area (Å²) < 4.78 is 0.744. The van der Waals surface area contributed by atoms with Crippen LogP contribution in [0.4, 0.5) is 0 Å². The summed E-state index contributed by atoms with van der Waals surface area (Å²) in [6.45, 7) is 2.11. The van der Waals surface area contributed by atoms with Crippen molar-refractivity contribution in [3.05, 3.63) is 15.9 Å². The third-order valence-corrected chi connectivity index (χ3v) is 5.17. The van der Waals surface area contributed by atoms with E-state index in [4.69, 9.17) is 0 Å². The molecule has 0 aliphatic heterocycles. The zero-order chi connectivity index (χ0) is 15.2. The number of H-pyrrole nitrogens is 1. The fourth-order valence-electron chi connectivity index (χ4n) is 3.09. The Bertz CT molecular complexity index is 469. The molecule has 1 aliphatic carbocycles. The van der Waals surface area contributed by atoms with Gasteiger partial charge in [-0.2, -0.15) is 5.10 Å². The van der Waals surface area contributed by atoms with Crippen LogP contribution in [0.5, 0.6) is 0 Å². The minimum Gasteiger partial charge on any atom is -0.396 e. The summed E-state index contributed by atoms with van der Waals surface area (Å²) in [5.74, 6) is 0.306. The van der Waals surface area contributed by atoms with Gasteiger partial charge in [-0.3, -0.25) is 9.89 Å². The van der Waals surface area contributed by atoms with Gasteiger partial charge in [0, 0.05) is 18.3 Å². The average molecular weight is 358 g/mol. The van der Waals surface area contributed by atoms with E-state index in [0.717, 1.165) is 29.4 Å². The van der Waals surface area contributed by atoms with Crippen molar-refractivity contribution in [2.24, 2.45) is 5.92 Å². The number of halogens is 1. The average Bonchev–Trinajstić information content (AvgIpc) is 2.88. The minimum atomic E-state index is -0.165. The first-order valence-electron chi connectivity index (χ1n) is 7.81. The highest BCUT2D eigenvalue weighted by Crippen LogP contribution is 2.28. The molecule has 1 aliphatic rings. The van der Waals surface area contributed by atoms with Crippen LogP contribution < -0.4 is 5.32 Å². The Hall–Kier alpha value is -0.880. The lowest BCUT2D eigenvalue weighted by atomic mass is 9.82. The Balaban J connectivity index is 2.04. The lowest BCUT2D eigenvalue weighted by Crippen LogP contribution is -2.42. The van der Waals surface area contributed by atoms with Crippen LogP contribution in [0, 0.1) is 5.92 Å². The van der Waals surface area contributed by atoms with Gasteiger partial charge < -0.3 is 10.4 Å². The van der Waals surface area contributed by atoms with E-state index in [0.29, 0.717) is 18.0 Å². The number of nitrogens with zero attached hydrogens (tertiary/aromatic N) is 1. The van der Waals surface area contributed by atoms with Gasteiger partial charge >= 0.3 is 0 Å². The van der Waals surface area contributed by atoms with Gasteiger partial charge in [-0.05, 0) is 47.5 Å². The quantitative estimate of drug-likeness (QED) is 0.732. The predicted octanol–water partition coefficient (Wildman–Crippen LogP) is 2.80. The molecule has 1 unspecified atom stereocenters. The van der Waals surface area contributed by atoms with Crippen LogP contribution in [0.25, 0.3) is 0 Å². The summed E-state index contributed by atoms with van der Waals surface area (Å²) in [5, 5.41) is 19.3. The summed E-state index contributed by atoms with van der Waals surface area (Å²) in [7, 11) is 0. The minimum absolute atomic E-state index is 0.0384. The third-order valence-electron chi connectivity index (χ3n) is 4.32. The van der Waals surface area contributed by atoms with Crippen LogP contribution in [0.1, 0.15) is 61.6 Å². The molecule has 0 saturated heterocycles. The van der Waals surface area contributed by atoms with E-state index in [1.165, 1.54) is 19.3 Å². The second-order valence-electron chi connectivity index (χ2n) is 5.71. The standard InChI is InChI=1S/C15H24BrN3O2/c1-2-11-13(16)14(19-18-11)15(21)17-12(8-9-20)10-6-4-3-5-7-10/h10,12,20H,2-9H2,1H3,(H,17,21)(H,18,19). The number of rotatable bonds is 6. The molecule has 1 heterocycles. The van der Waals surface area contributed by atoms with E-state index in [1.807, 2.05) is 6.92 Å². The summed E-state index contributed by atoms with van der Waals surface area (Å²) in [6, 6.07) is 0.0384. The van der Waals surface area contributed by atoms with Gasteiger partial charge in [0.15, 0.2) is 5.69 Å². The van der Waals surface area contributed by atoms with E-state index < -0.39 is 0 Å². The van der Waals surface area contributed by atoms with Crippen molar-refractivity contribution < 1.29 is 9.90 Å². The fourth-order valence-corrected chi connectivity index (χ4v) is 3.73. The molecule has 0 aromatic carbocycles. The maximum Gasteiger partial charge on any atom is 0.273 e. The van der Waals surface area contributed by atoms with E-state index in [2.05, 4.69) is 31.4 Å². The van der Waals surface area contributed by atoms with Crippen LogP contribution in [-0.2, 0) is 6.42 Å². The maximum atomic E-state index is 12.4. The molecule has 118 valence electrons. The number of aliphatic hydroxyl groups excluding tert-OH is 1. The molecule has 0 radical (unpaired) electrons. The summed E-state index contributed by atoms with van der Waals surface area (Å²) in [4.78, 5) is 12.4. The van der Waals surface area contributed by atoms with Crippen molar-refractivity contribution in [3.8, 4) is 0 Å². The molecule has 5 nitrogen and oxygen atoms in total. The second kappa shape index (κ2) is 7.94. The first kappa shape index (κ1) is 16.5. The number of aliphatic hydroxyl groups is 1. The molecule has 21 heavy (non-hydrogen) atoms. The second-order valence-corrected chi connectivity index (χ2v) is 6.50. The number of aromatic amines is 1. The normalized spacial score (nSPS) is 17.7. The largest absolute Gasteiger partial charge is 0.396 e. The Labute approximate surface area is 134 Å². The topological polar surface area (TPSA) is 78.0 Å². The van der Waals surface area contributed by atoms with Crippen molar-refractivity contribution in [2.45, 2.75) is 57.9 Å². The highest BCUT2D eigenvalue weighted by Gasteiger charge is 2.26. The van der Waals surface area contributed by atoms with Crippen molar-refractivity contribution in [1.29, 1.82) is 0 Å². The number of hydrogen-bond acceptors (Lipinski definition) is 3. The smallest absolute Gasteiger partial charge is 0.273 e. The molecule has 6 heteroatoms. The monoisotopic (exact) mass is 357 g/mol. The van der Waals surface area contributed by atoms with Gasteiger partial charge in [0.2, 0.25) is 0 Å². The van der Waals surface area contributed by atoms with Gasteiger partial charge in [-0.15, -0.1) is 0 Å². The number of amides is 1. The molecule has 0 spiro atoms. The van der Waals surface area contributed by atoms with Gasteiger partial charge in [-0.1, -0.05) is 26.2 Å². The van der Waals surface area contributed by atoms with Crippen LogP contribution in [-0.4, -0.2) is 33.9 Å². The van der Waals surface area contributed by atoms with Crippen LogP contribution in [0.15, 0.2) is 4.47 Å². The van der Waals surface area contributed by atoms with Gasteiger partial charge in [0.05, 0.1) is 4.47 Å². The lowest BCUT2D eigenvalue weighted by molar-refractivity contribution is 0.0893. The molecule has 1 saturated carbocycles. The van der Waals surface area contributed by atoms with Crippen LogP contribution >= 0.6 is 15.9 Å². The van der Waals surface area contributed by atoms with E-state index in [1.54, 1.807) is 0 Å². The first-order valence-corrected chi connectivity index (χ1v) is 8.61. The van der Waals surface area contributed by atoms with E-state index in [-0.39, 0.29) is 18.6 Å². The molecule has 0 bridgehead atoms. The third kappa shape index (κ3) is 4.07. The Morgan fingerprint density at radius 1 is 1.48 bits per heavy atom. The van der Waals surface area contributed by atoms with Crippen LogP contribution in [0.2, 0.25) is 0 Å². The molecule has 1 amide bonds. The summed E-state index contributed by atoms with van der Waals surface area (Å²) >= 11 is 3.43. The lowest BCUT2D eigenvalue weighted by Gasteiger charge is -2.30. The van der Waals surface area contributed by atoms with Crippen LogP contribution in [0.3, 0.4) is 0 Å². The van der Waals surface area contributed by atoms with Crippen molar-refractivity contribution in [1.82, 2.24) is 15.5 Å². The molecule has 1 aromatic rings. The summed E-state index contributed by atoms with van der Waals surface area (Å²) in [5.41, 5.74) is 1.34. The zero-order valence-corrected chi connectivity index (χ0v) is 14.1. The fraction of sp³-hybridized carbons (Fsp3) is 0.733. The SMILES string of the molecule is CCc1[nH]nc(C(=O)NC(CCO)C2CCCCC2)c1Br. The molecule has 1 aromatic heterocycles. The Morgan fingerprint density at radius 2 is 2.19 bits per heavy atom. The number of carbonyl (C=O) groups is 1. The molecule has 2 rings (SSSR count). The Kier molecular flexibility index (Phi) is 6.23. The number of nitrogens with one attached hydrogen (secondary N) is 2. The number of carbonyl (C=O) groups excluding carboxylic acids is 1. The molecule has 3 N–H and O–H groups in total. The van der Waals surface area contributed by atoms with Crippen molar-refractivity contribution in [3.63, 3.8) is 0 Å². The maximum absolute atomic E-state index is 12.4. The highest BCUT2D eigenvalue weighted by molar-refractivity contribution is 9.10. The Morgan fingerprint density at radius 3 is 2.76 bits per heavy atom. The van der Waals surface area contributed by atoms with E-state index >= 15 is 0 Å². The molecular weight excluding hydrogens is 334 g/mol. The summed E-state index contributed by atoms with van der Waals surface area (Å²) in [6.07, 6.45) is 7.38. The number of hydrogen-bond donors (Lipinski definition) is 3. The van der Waals surface area contributed by atoms with Gasteiger partial charge in [-0.25, -0.2) is 0 Å². The molecular formula is C15H24BrN3O2. The zero-order valence-electron chi connectivity index (χ0n) is 12.5.